The van der Waals surface area contributed by atoms with Gasteiger partial charge in [0.25, 0.3) is 0 Å². The molecule has 3 rings (SSSR count). The average Bonchev–Trinajstić information content (AvgIpc) is 2.90. The molecule has 0 bridgehead atoms. The summed E-state index contributed by atoms with van der Waals surface area (Å²) in [6.45, 7) is 2.22. The van der Waals surface area contributed by atoms with Gasteiger partial charge < -0.3 is 4.90 Å². The maximum absolute atomic E-state index is 13.1. The molecule has 7 heteroatoms. The Labute approximate surface area is 141 Å². The van der Waals surface area contributed by atoms with Crippen LogP contribution >= 0.6 is 34.5 Å². The number of halogens is 3. The highest BCUT2D eigenvalue weighted by atomic mass is 35.5. The number of carbonyl (C=O) groups is 1. The number of benzene rings is 1. The molecule has 22 heavy (non-hydrogen) atoms. The van der Waals surface area contributed by atoms with Crippen molar-refractivity contribution in [3.05, 3.63) is 46.2 Å². The van der Waals surface area contributed by atoms with Crippen molar-refractivity contribution in [2.45, 2.75) is 24.2 Å². The quantitative estimate of drug-likeness (QED) is 0.762. The summed E-state index contributed by atoms with van der Waals surface area (Å²) in [4.78, 5) is 18.6. The molecule has 1 unspecified atom stereocenters. The van der Waals surface area contributed by atoms with Crippen LogP contribution in [0.5, 0.6) is 0 Å². The molecule has 1 saturated carbocycles. The molecule has 116 valence electrons. The van der Waals surface area contributed by atoms with Crippen molar-refractivity contribution in [3.8, 4) is 0 Å². The van der Waals surface area contributed by atoms with Gasteiger partial charge in [-0.25, -0.2) is 9.37 Å². The van der Waals surface area contributed by atoms with E-state index < -0.39 is 10.3 Å². The zero-order chi connectivity index (χ0) is 15.9. The van der Waals surface area contributed by atoms with Crippen LogP contribution in [0.25, 0.3) is 0 Å². The van der Waals surface area contributed by atoms with Gasteiger partial charge in [-0.1, -0.05) is 0 Å². The van der Waals surface area contributed by atoms with Gasteiger partial charge in [0.05, 0.1) is 23.2 Å². The first-order valence-corrected chi connectivity index (χ1v) is 8.36. The Hall–Kier alpha value is -1.17. The minimum atomic E-state index is -0.993. The first kappa shape index (κ1) is 15.7. The summed E-state index contributed by atoms with van der Waals surface area (Å²) in [5.74, 6) is -0.945. The summed E-state index contributed by atoms with van der Waals surface area (Å²) in [5, 5.41) is 2.83. The van der Waals surface area contributed by atoms with Gasteiger partial charge in [-0.15, -0.1) is 34.5 Å². The molecule has 1 aromatic carbocycles. The van der Waals surface area contributed by atoms with E-state index in [0.717, 1.165) is 10.7 Å². The minimum Gasteiger partial charge on any atom is -0.306 e. The monoisotopic (exact) mass is 358 g/mol. The lowest BCUT2D eigenvalue weighted by Crippen LogP contribution is -2.33. The first-order chi connectivity index (χ1) is 10.4. The van der Waals surface area contributed by atoms with Gasteiger partial charge >= 0.3 is 0 Å². The Morgan fingerprint density at radius 2 is 2.09 bits per heavy atom. The smallest absolute Gasteiger partial charge is 0.233 e. The molecule has 1 amide bonds. The Kier molecular flexibility index (Phi) is 4.14. The number of hydrogen-bond acceptors (Lipinski definition) is 3. The summed E-state index contributed by atoms with van der Waals surface area (Å²) in [6, 6.07) is 5.78. The van der Waals surface area contributed by atoms with Crippen molar-refractivity contribution < 1.29 is 9.18 Å². The summed E-state index contributed by atoms with van der Waals surface area (Å²) in [5.41, 5.74) is 1.39. The molecule has 1 aromatic heterocycles. The van der Waals surface area contributed by atoms with Crippen LogP contribution in [0.3, 0.4) is 0 Å². The molecule has 1 aliphatic rings. The summed E-state index contributed by atoms with van der Waals surface area (Å²) >= 11 is 13.5. The predicted molar refractivity (Wildman–Crippen MR) is 87.0 cm³/mol. The van der Waals surface area contributed by atoms with Crippen molar-refractivity contribution in [2.24, 2.45) is 5.92 Å². The average molecular weight is 359 g/mol. The Balaban J connectivity index is 1.88. The van der Waals surface area contributed by atoms with E-state index in [1.807, 2.05) is 12.3 Å². The predicted octanol–water partition coefficient (Wildman–Crippen LogP) is 4.32. The highest BCUT2D eigenvalue weighted by Crippen LogP contribution is 2.54. The first-order valence-electron chi connectivity index (χ1n) is 6.72. The molecule has 1 aliphatic carbocycles. The number of anilines is 1. The van der Waals surface area contributed by atoms with Crippen LogP contribution in [0.2, 0.25) is 0 Å². The summed E-state index contributed by atoms with van der Waals surface area (Å²) in [6.07, 6.45) is 0.433. The van der Waals surface area contributed by atoms with E-state index in [1.54, 1.807) is 17.0 Å². The lowest BCUT2D eigenvalue weighted by Gasteiger charge is -2.22. The number of hydrogen-bond donors (Lipinski definition) is 0. The van der Waals surface area contributed by atoms with Crippen molar-refractivity contribution in [2.75, 3.05) is 4.90 Å². The van der Waals surface area contributed by atoms with E-state index in [0.29, 0.717) is 18.7 Å². The van der Waals surface area contributed by atoms with Gasteiger partial charge in [0.15, 0.2) is 0 Å². The highest BCUT2D eigenvalue weighted by Gasteiger charge is 2.57. The second-order valence-electron chi connectivity index (χ2n) is 5.28. The molecule has 0 N–H and O–H groups in total. The van der Waals surface area contributed by atoms with Gasteiger partial charge in [0.2, 0.25) is 5.91 Å². The number of aromatic nitrogens is 1. The van der Waals surface area contributed by atoms with E-state index in [-0.39, 0.29) is 11.7 Å². The van der Waals surface area contributed by atoms with Gasteiger partial charge in [0.1, 0.15) is 10.2 Å². The minimum absolute atomic E-state index is 0.165. The summed E-state index contributed by atoms with van der Waals surface area (Å²) in [7, 11) is 0. The van der Waals surface area contributed by atoms with Crippen LogP contribution in [0, 0.1) is 18.7 Å². The second-order valence-corrected chi connectivity index (χ2v) is 7.88. The van der Waals surface area contributed by atoms with Crippen LogP contribution in [-0.4, -0.2) is 15.2 Å². The largest absolute Gasteiger partial charge is 0.306 e. The third kappa shape index (κ3) is 3.26. The molecule has 2 aromatic rings. The molecule has 1 atom stereocenters. The SMILES string of the molecule is Cc1nc(CN(C(=O)C2CC2(Cl)Cl)c2ccc(F)cc2)cs1. The van der Waals surface area contributed by atoms with Crippen LogP contribution < -0.4 is 4.90 Å². The van der Waals surface area contributed by atoms with Gasteiger partial charge in [0, 0.05) is 11.1 Å². The number of nitrogens with zero attached hydrogens (tertiary/aromatic N) is 2. The lowest BCUT2D eigenvalue weighted by molar-refractivity contribution is -0.120. The van der Waals surface area contributed by atoms with Crippen molar-refractivity contribution in [1.82, 2.24) is 4.98 Å². The molecule has 1 fully saturated rings. The van der Waals surface area contributed by atoms with Crippen LogP contribution in [0.1, 0.15) is 17.1 Å². The van der Waals surface area contributed by atoms with Crippen LogP contribution in [-0.2, 0) is 11.3 Å². The maximum atomic E-state index is 13.1. The highest BCUT2D eigenvalue weighted by molar-refractivity contribution is 7.09. The third-order valence-electron chi connectivity index (χ3n) is 3.52. The van der Waals surface area contributed by atoms with E-state index in [4.69, 9.17) is 23.2 Å². The van der Waals surface area contributed by atoms with Crippen molar-refractivity contribution >= 4 is 46.1 Å². The van der Waals surface area contributed by atoms with Gasteiger partial charge in [-0.2, -0.15) is 0 Å². The molecule has 0 saturated heterocycles. The van der Waals surface area contributed by atoms with Crippen molar-refractivity contribution in [1.29, 1.82) is 0 Å². The van der Waals surface area contributed by atoms with Crippen LogP contribution in [0.4, 0.5) is 10.1 Å². The number of rotatable bonds is 4. The van der Waals surface area contributed by atoms with Gasteiger partial charge in [-0.05, 0) is 37.6 Å². The molecule has 1 heterocycles. The standard InChI is InChI=1S/C15H13Cl2FN2OS/c1-9-19-11(8-22-9)7-20(12-4-2-10(18)3-5-12)14(21)13-6-15(13,16)17/h2-5,8,13H,6-7H2,1H3. The van der Waals surface area contributed by atoms with E-state index >= 15 is 0 Å². The zero-order valence-electron chi connectivity index (χ0n) is 11.7. The Morgan fingerprint density at radius 3 is 2.59 bits per heavy atom. The molecule has 0 aliphatic heterocycles. The Bertz CT molecular complexity index is 702. The maximum Gasteiger partial charge on any atom is 0.233 e. The fourth-order valence-electron chi connectivity index (χ4n) is 2.23. The third-order valence-corrected chi connectivity index (χ3v) is 5.17. The number of carbonyl (C=O) groups excluding carboxylic acids is 1. The number of alkyl halides is 2. The normalized spacial score (nSPS) is 19.0. The second kappa shape index (κ2) is 5.80. The van der Waals surface area contributed by atoms with E-state index in [1.165, 1.54) is 23.5 Å². The fraction of sp³-hybridized carbons (Fsp3) is 0.333. The number of thiazole rings is 1. The fourth-order valence-corrected chi connectivity index (χ4v) is 3.33. The van der Waals surface area contributed by atoms with E-state index in [2.05, 4.69) is 4.98 Å². The molecule has 0 spiro atoms. The van der Waals surface area contributed by atoms with Crippen LogP contribution in [0.15, 0.2) is 29.6 Å². The molecular weight excluding hydrogens is 346 g/mol. The van der Waals surface area contributed by atoms with Gasteiger partial charge in [-0.3, -0.25) is 4.79 Å². The van der Waals surface area contributed by atoms with Crippen molar-refractivity contribution in [3.63, 3.8) is 0 Å². The topological polar surface area (TPSA) is 33.2 Å². The molecule has 3 nitrogen and oxygen atoms in total. The zero-order valence-corrected chi connectivity index (χ0v) is 14.1. The molecular formula is C15H13Cl2FN2OS. The summed E-state index contributed by atoms with van der Waals surface area (Å²) < 4.78 is 12.1. The lowest BCUT2D eigenvalue weighted by atomic mass is 10.2. The number of amides is 1. The number of aryl methyl sites for hydroxylation is 1. The van der Waals surface area contributed by atoms with E-state index in [9.17, 15) is 9.18 Å². The Morgan fingerprint density at radius 1 is 1.45 bits per heavy atom. The molecule has 0 radical (unpaired) electrons.